The summed E-state index contributed by atoms with van der Waals surface area (Å²) in [5.74, 6) is -0.740. The van der Waals surface area contributed by atoms with E-state index in [2.05, 4.69) is 15.6 Å². The Morgan fingerprint density at radius 3 is 2.29 bits per heavy atom. The number of carbonyl (C=O) groups excluding carboxylic acids is 2. The molecule has 0 radical (unpaired) electrons. The average Bonchev–Trinajstić information content (AvgIpc) is 2.68. The number of ether oxygens (including phenoxy) is 1. The molecule has 2 amide bonds. The second kappa shape index (κ2) is 9.09. The molecular weight excluding hydrogens is 378 g/mol. The normalized spacial score (nSPS) is 11.6. The number of para-hydroxylation sites is 1. The number of amides is 2. The van der Waals surface area contributed by atoms with Crippen LogP contribution in [0, 0.1) is 0 Å². The number of pyridine rings is 1. The molecule has 144 valence electrons. The summed E-state index contributed by atoms with van der Waals surface area (Å²) < 4.78 is 17.2. The number of hydrogen-bond donors (Lipinski definition) is 2. The van der Waals surface area contributed by atoms with Crippen molar-refractivity contribution in [1.82, 2.24) is 4.98 Å². The van der Waals surface area contributed by atoms with Gasteiger partial charge in [0.1, 0.15) is 17.3 Å². The van der Waals surface area contributed by atoms with Crippen LogP contribution in [-0.2, 0) is 20.4 Å². The van der Waals surface area contributed by atoms with E-state index >= 15 is 0 Å². The van der Waals surface area contributed by atoms with E-state index in [9.17, 15) is 13.8 Å². The van der Waals surface area contributed by atoms with E-state index in [0.717, 1.165) is 10.9 Å². The van der Waals surface area contributed by atoms with Gasteiger partial charge in [-0.05, 0) is 36.4 Å². The van der Waals surface area contributed by atoms with Crippen molar-refractivity contribution < 1.29 is 18.5 Å². The van der Waals surface area contributed by atoms with Crippen LogP contribution in [0.5, 0.6) is 5.75 Å². The summed E-state index contributed by atoms with van der Waals surface area (Å²) in [5.41, 5.74) is 1.90. The first-order chi connectivity index (χ1) is 13.5. The number of rotatable bonds is 7. The van der Waals surface area contributed by atoms with Crippen molar-refractivity contribution in [2.45, 2.75) is 0 Å². The van der Waals surface area contributed by atoms with Crippen LogP contribution in [0.3, 0.4) is 0 Å². The molecule has 1 atom stereocenters. The molecule has 3 aromatic rings. The van der Waals surface area contributed by atoms with Crippen molar-refractivity contribution in [3.63, 3.8) is 0 Å². The molecule has 1 aromatic heterocycles. The minimum Gasteiger partial charge on any atom is -0.497 e. The molecule has 0 spiro atoms. The number of aromatic nitrogens is 1. The number of nitrogens with one attached hydrogen (secondary N) is 2. The van der Waals surface area contributed by atoms with Gasteiger partial charge in [0.25, 0.3) is 0 Å². The number of methoxy groups -OCH3 is 1. The number of carbonyl (C=O) groups is 2. The Hall–Kier alpha value is -3.26. The number of nitrogens with zero attached hydrogens (tertiary/aromatic N) is 1. The van der Waals surface area contributed by atoms with Crippen molar-refractivity contribution >= 4 is 44.9 Å². The van der Waals surface area contributed by atoms with E-state index in [1.165, 1.54) is 0 Å². The van der Waals surface area contributed by atoms with Crippen LogP contribution in [0.25, 0.3) is 10.9 Å². The van der Waals surface area contributed by atoms with Crippen molar-refractivity contribution in [2.24, 2.45) is 0 Å². The Morgan fingerprint density at radius 2 is 1.61 bits per heavy atom. The first-order valence-electron chi connectivity index (χ1n) is 8.47. The summed E-state index contributed by atoms with van der Waals surface area (Å²) in [6.07, 6.45) is 1.54. The van der Waals surface area contributed by atoms with Gasteiger partial charge in [-0.3, -0.25) is 18.8 Å². The molecule has 8 heteroatoms. The first-order valence-corrected chi connectivity index (χ1v) is 9.96. The SMILES string of the molecule is COc1ccc(NC(=O)CS(=O)CC(=O)Nc2cnc3ccccc3c2)cc1. The lowest BCUT2D eigenvalue weighted by Crippen LogP contribution is -2.26. The Morgan fingerprint density at radius 1 is 0.964 bits per heavy atom. The van der Waals surface area contributed by atoms with Crippen LogP contribution in [0.4, 0.5) is 11.4 Å². The monoisotopic (exact) mass is 397 g/mol. The summed E-state index contributed by atoms with van der Waals surface area (Å²) >= 11 is 0. The van der Waals surface area contributed by atoms with E-state index in [0.29, 0.717) is 17.1 Å². The van der Waals surface area contributed by atoms with Gasteiger partial charge in [-0.15, -0.1) is 0 Å². The van der Waals surface area contributed by atoms with Gasteiger partial charge in [0.15, 0.2) is 0 Å². The highest BCUT2D eigenvalue weighted by Crippen LogP contribution is 2.16. The van der Waals surface area contributed by atoms with Crippen LogP contribution < -0.4 is 15.4 Å². The number of fused-ring (bicyclic) bond motifs is 1. The fraction of sp³-hybridized carbons (Fsp3) is 0.150. The number of hydrogen-bond acceptors (Lipinski definition) is 5. The summed E-state index contributed by atoms with van der Waals surface area (Å²) in [7, 11) is -0.0785. The molecule has 0 fully saturated rings. The second-order valence-corrected chi connectivity index (χ2v) is 7.43. The molecule has 3 rings (SSSR count). The fourth-order valence-corrected chi connectivity index (χ4v) is 3.38. The molecule has 0 saturated carbocycles. The van der Waals surface area contributed by atoms with E-state index < -0.39 is 22.6 Å². The smallest absolute Gasteiger partial charge is 0.237 e. The van der Waals surface area contributed by atoms with Crippen LogP contribution in [0.2, 0.25) is 0 Å². The standard InChI is InChI=1S/C20H19N3O4S/c1-27-17-8-6-15(7-9-17)22-19(24)12-28(26)13-20(25)23-16-10-14-4-2-3-5-18(14)21-11-16/h2-11H,12-13H2,1H3,(H,22,24)(H,23,25). The maximum absolute atomic E-state index is 12.1. The molecule has 2 aromatic carbocycles. The van der Waals surface area contributed by atoms with E-state index in [4.69, 9.17) is 4.74 Å². The average molecular weight is 397 g/mol. The summed E-state index contributed by atoms with van der Waals surface area (Å²) in [6, 6.07) is 16.1. The van der Waals surface area contributed by atoms with Crippen LogP contribution in [-0.4, -0.2) is 39.6 Å². The van der Waals surface area contributed by atoms with Gasteiger partial charge >= 0.3 is 0 Å². The minimum absolute atomic E-state index is 0.268. The molecule has 0 aliphatic heterocycles. The van der Waals surface area contributed by atoms with Crippen LogP contribution in [0.15, 0.2) is 60.8 Å². The number of benzene rings is 2. The summed E-state index contributed by atoms with van der Waals surface area (Å²) in [4.78, 5) is 28.3. The van der Waals surface area contributed by atoms with Gasteiger partial charge < -0.3 is 15.4 Å². The number of anilines is 2. The van der Waals surface area contributed by atoms with Gasteiger partial charge in [-0.25, -0.2) is 0 Å². The molecule has 28 heavy (non-hydrogen) atoms. The van der Waals surface area contributed by atoms with Crippen LogP contribution in [0.1, 0.15) is 0 Å². The molecule has 1 heterocycles. The lowest BCUT2D eigenvalue weighted by atomic mass is 10.2. The fourth-order valence-electron chi connectivity index (χ4n) is 2.55. The zero-order valence-electron chi connectivity index (χ0n) is 15.2. The molecule has 2 N–H and O–H groups in total. The highest BCUT2D eigenvalue weighted by Gasteiger charge is 2.13. The molecule has 7 nitrogen and oxygen atoms in total. The van der Waals surface area contributed by atoms with E-state index in [-0.39, 0.29) is 11.5 Å². The van der Waals surface area contributed by atoms with Crippen LogP contribution >= 0.6 is 0 Å². The molecule has 1 unspecified atom stereocenters. The van der Waals surface area contributed by atoms with Gasteiger partial charge in [0.2, 0.25) is 11.8 Å². The lowest BCUT2D eigenvalue weighted by molar-refractivity contribution is -0.114. The van der Waals surface area contributed by atoms with Crippen molar-refractivity contribution in [1.29, 1.82) is 0 Å². The topological polar surface area (TPSA) is 97.4 Å². The Bertz CT molecular complexity index is 1020. The van der Waals surface area contributed by atoms with Crippen molar-refractivity contribution in [3.8, 4) is 5.75 Å². The largest absolute Gasteiger partial charge is 0.497 e. The molecule has 0 bridgehead atoms. The van der Waals surface area contributed by atoms with Gasteiger partial charge in [0, 0.05) is 21.9 Å². The van der Waals surface area contributed by atoms with Gasteiger partial charge in [0.05, 0.1) is 24.5 Å². The third-order valence-electron chi connectivity index (χ3n) is 3.83. The maximum atomic E-state index is 12.1. The Kier molecular flexibility index (Phi) is 6.33. The molecule has 0 aliphatic rings. The van der Waals surface area contributed by atoms with Crippen molar-refractivity contribution in [3.05, 3.63) is 60.8 Å². The van der Waals surface area contributed by atoms with E-state index in [1.807, 2.05) is 24.3 Å². The van der Waals surface area contributed by atoms with Gasteiger partial charge in [-0.1, -0.05) is 18.2 Å². The second-order valence-electron chi connectivity index (χ2n) is 5.97. The molecule has 0 aliphatic carbocycles. The minimum atomic E-state index is -1.63. The lowest BCUT2D eigenvalue weighted by Gasteiger charge is -2.08. The third kappa shape index (κ3) is 5.37. The highest BCUT2D eigenvalue weighted by atomic mass is 32.2. The maximum Gasteiger partial charge on any atom is 0.237 e. The highest BCUT2D eigenvalue weighted by molar-refractivity contribution is 7.86. The predicted octanol–water partition coefficient (Wildman–Crippen LogP) is 2.57. The quantitative estimate of drug-likeness (QED) is 0.639. The summed E-state index contributed by atoms with van der Waals surface area (Å²) in [5, 5.41) is 6.19. The zero-order chi connectivity index (χ0) is 19.9. The molecular formula is C20H19N3O4S. The molecule has 0 saturated heterocycles. The van der Waals surface area contributed by atoms with Gasteiger partial charge in [-0.2, -0.15) is 0 Å². The third-order valence-corrected chi connectivity index (χ3v) is 5.00. The Balaban J connectivity index is 1.50. The summed E-state index contributed by atoms with van der Waals surface area (Å²) in [6.45, 7) is 0. The predicted molar refractivity (Wildman–Crippen MR) is 110 cm³/mol. The van der Waals surface area contributed by atoms with Crippen molar-refractivity contribution in [2.75, 3.05) is 29.2 Å². The Labute approximate surface area is 164 Å². The zero-order valence-corrected chi connectivity index (χ0v) is 16.0. The van der Waals surface area contributed by atoms with E-state index in [1.54, 1.807) is 43.6 Å². The first kappa shape index (κ1) is 19.5.